The number of aromatic nitrogens is 3. The number of hydrogen-bond acceptors (Lipinski definition) is 4. The van der Waals surface area contributed by atoms with Gasteiger partial charge < -0.3 is 15.5 Å². The molecule has 0 bridgehead atoms. The summed E-state index contributed by atoms with van der Waals surface area (Å²) < 4.78 is 1.76. The van der Waals surface area contributed by atoms with Crippen molar-refractivity contribution in [2.75, 3.05) is 25.0 Å². The van der Waals surface area contributed by atoms with E-state index in [0.717, 1.165) is 31.3 Å². The number of hydrogen-bond donors (Lipinski definition) is 2. The number of rotatable bonds is 4. The summed E-state index contributed by atoms with van der Waals surface area (Å²) in [5.74, 6) is 1.68. The molecule has 1 fully saturated rings. The smallest absolute Gasteiger partial charge is 0.191 e. The van der Waals surface area contributed by atoms with E-state index >= 15 is 0 Å². The predicted molar refractivity (Wildman–Crippen MR) is 112 cm³/mol. The molecule has 1 atom stereocenters. The van der Waals surface area contributed by atoms with Gasteiger partial charge in [0.1, 0.15) is 12.2 Å². The molecule has 0 aliphatic carbocycles. The number of nitrogens with one attached hydrogen (secondary N) is 2. The van der Waals surface area contributed by atoms with Crippen molar-refractivity contribution >= 4 is 35.6 Å². The van der Waals surface area contributed by atoms with Gasteiger partial charge in [-0.1, -0.05) is 17.7 Å². The first-order valence-corrected chi connectivity index (χ1v) is 8.27. The molecule has 1 aromatic heterocycles. The highest BCUT2D eigenvalue weighted by Gasteiger charge is 2.23. The molecule has 2 N–H and O–H groups in total. The van der Waals surface area contributed by atoms with E-state index < -0.39 is 0 Å². The summed E-state index contributed by atoms with van der Waals surface area (Å²) >= 11 is 0. The van der Waals surface area contributed by atoms with Crippen LogP contribution in [0.1, 0.15) is 17.8 Å². The fraction of sp³-hybridized carbons (Fsp3) is 0.471. The van der Waals surface area contributed by atoms with Gasteiger partial charge in [-0.15, -0.1) is 24.0 Å². The van der Waals surface area contributed by atoms with Gasteiger partial charge in [-0.05, 0) is 25.5 Å². The molecule has 3 rings (SSSR count). The Kier molecular flexibility index (Phi) is 7.03. The van der Waals surface area contributed by atoms with Crippen LogP contribution in [0, 0.1) is 6.92 Å². The molecule has 136 valence electrons. The summed E-state index contributed by atoms with van der Waals surface area (Å²) in [7, 11) is 3.68. The molecule has 25 heavy (non-hydrogen) atoms. The van der Waals surface area contributed by atoms with Crippen molar-refractivity contribution in [3.8, 4) is 0 Å². The van der Waals surface area contributed by atoms with Gasteiger partial charge in [-0.3, -0.25) is 9.67 Å². The van der Waals surface area contributed by atoms with Gasteiger partial charge in [-0.25, -0.2) is 4.98 Å². The second-order valence-corrected chi connectivity index (χ2v) is 6.14. The first kappa shape index (κ1) is 19.5. The molecule has 1 saturated heterocycles. The fourth-order valence-corrected chi connectivity index (χ4v) is 2.90. The number of nitrogens with zero attached hydrogens (tertiary/aromatic N) is 5. The molecule has 0 saturated carbocycles. The van der Waals surface area contributed by atoms with Crippen molar-refractivity contribution in [1.29, 1.82) is 0 Å². The Bertz CT molecular complexity index is 695. The summed E-state index contributed by atoms with van der Waals surface area (Å²) in [6.45, 7) is 4.75. The minimum Gasteiger partial charge on any atom is -0.369 e. The maximum absolute atomic E-state index is 4.31. The van der Waals surface area contributed by atoms with E-state index in [1.165, 1.54) is 11.3 Å². The Balaban J connectivity index is 0.00000225. The van der Waals surface area contributed by atoms with Gasteiger partial charge in [0.15, 0.2) is 5.96 Å². The lowest BCUT2D eigenvalue weighted by Gasteiger charge is -2.20. The van der Waals surface area contributed by atoms with Crippen LogP contribution in [-0.4, -0.2) is 46.9 Å². The molecule has 1 aliphatic heterocycles. The summed E-state index contributed by atoms with van der Waals surface area (Å²) in [6.07, 6.45) is 2.65. The zero-order chi connectivity index (χ0) is 16.9. The van der Waals surface area contributed by atoms with Gasteiger partial charge in [0.2, 0.25) is 0 Å². The minimum absolute atomic E-state index is 0. The molecular formula is C17H26IN7. The second kappa shape index (κ2) is 9.02. The average molecular weight is 455 g/mol. The van der Waals surface area contributed by atoms with Crippen molar-refractivity contribution in [2.24, 2.45) is 12.0 Å². The standard InChI is InChI=1S/C17H25N7.HI/c1-13-4-6-15(7-5-13)24-9-8-14(11-24)22-17(18-2)19-10-16-20-12-21-23(16)3;/h4-7,12,14H,8-11H2,1-3H3,(H2,18,19,22);1H. The van der Waals surface area contributed by atoms with Gasteiger partial charge in [0, 0.05) is 38.9 Å². The van der Waals surface area contributed by atoms with E-state index in [2.05, 4.69) is 61.8 Å². The Labute approximate surface area is 165 Å². The van der Waals surface area contributed by atoms with Crippen LogP contribution in [0.2, 0.25) is 0 Å². The molecule has 1 aromatic carbocycles. The van der Waals surface area contributed by atoms with Crippen LogP contribution in [0.25, 0.3) is 0 Å². The average Bonchev–Trinajstić information content (AvgIpc) is 3.21. The largest absolute Gasteiger partial charge is 0.369 e. The van der Waals surface area contributed by atoms with Crippen molar-refractivity contribution in [3.05, 3.63) is 42.0 Å². The highest BCUT2D eigenvalue weighted by molar-refractivity contribution is 14.0. The fourth-order valence-electron chi connectivity index (χ4n) is 2.90. The Morgan fingerprint density at radius 2 is 2.08 bits per heavy atom. The lowest BCUT2D eigenvalue weighted by Crippen LogP contribution is -2.44. The van der Waals surface area contributed by atoms with Crippen molar-refractivity contribution in [2.45, 2.75) is 25.9 Å². The molecule has 0 spiro atoms. The lowest BCUT2D eigenvalue weighted by atomic mass is 10.2. The Morgan fingerprint density at radius 3 is 2.72 bits per heavy atom. The van der Waals surface area contributed by atoms with E-state index in [9.17, 15) is 0 Å². The molecule has 7 nitrogen and oxygen atoms in total. The first-order chi connectivity index (χ1) is 11.7. The number of aryl methyl sites for hydroxylation is 2. The van der Waals surface area contributed by atoms with Crippen LogP contribution in [-0.2, 0) is 13.6 Å². The van der Waals surface area contributed by atoms with E-state index in [1.54, 1.807) is 18.1 Å². The lowest BCUT2D eigenvalue weighted by molar-refractivity contribution is 0.632. The monoisotopic (exact) mass is 455 g/mol. The quantitative estimate of drug-likeness (QED) is 0.417. The topological polar surface area (TPSA) is 70.4 Å². The molecule has 8 heteroatoms. The van der Waals surface area contributed by atoms with Crippen LogP contribution >= 0.6 is 24.0 Å². The van der Waals surface area contributed by atoms with Crippen molar-refractivity contribution < 1.29 is 0 Å². The number of aliphatic imine (C=N–C) groups is 1. The molecule has 0 amide bonds. The minimum atomic E-state index is 0. The number of halogens is 1. The van der Waals surface area contributed by atoms with Gasteiger partial charge >= 0.3 is 0 Å². The third kappa shape index (κ3) is 5.07. The van der Waals surface area contributed by atoms with E-state index in [0.29, 0.717) is 12.6 Å². The third-order valence-electron chi connectivity index (χ3n) is 4.37. The normalized spacial score (nSPS) is 17.3. The maximum Gasteiger partial charge on any atom is 0.191 e. The maximum atomic E-state index is 4.31. The van der Waals surface area contributed by atoms with Gasteiger partial charge in [0.05, 0.1) is 6.54 Å². The highest BCUT2D eigenvalue weighted by atomic mass is 127. The van der Waals surface area contributed by atoms with E-state index in [-0.39, 0.29) is 24.0 Å². The van der Waals surface area contributed by atoms with Crippen LogP contribution in [0.3, 0.4) is 0 Å². The number of anilines is 1. The summed E-state index contributed by atoms with van der Waals surface area (Å²) in [4.78, 5) is 10.9. The first-order valence-electron chi connectivity index (χ1n) is 8.27. The SMILES string of the molecule is CN=C(NCc1ncnn1C)NC1CCN(c2ccc(C)cc2)C1.I. The number of benzene rings is 1. The zero-order valence-electron chi connectivity index (χ0n) is 14.9. The predicted octanol–water partition coefficient (Wildman–Crippen LogP) is 1.69. The zero-order valence-corrected chi connectivity index (χ0v) is 17.3. The summed E-state index contributed by atoms with van der Waals surface area (Å²) in [5.41, 5.74) is 2.58. The van der Waals surface area contributed by atoms with Crippen LogP contribution in [0.4, 0.5) is 5.69 Å². The van der Waals surface area contributed by atoms with Crippen molar-refractivity contribution in [1.82, 2.24) is 25.4 Å². The van der Waals surface area contributed by atoms with Crippen LogP contribution in [0.5, 0.6) is 0 Å². The Hall–Kier alpha value is -1.84. The van der Waals surface area contributed by atoms with Gasteiger partial charge in [0.25, 0.3) is 0 Å². The highest BCUT2D eigenvalue weighted by Crippen LogP contribution is 2.20. The summed E-state index contributed by atoms with van der Waals surface area (Å²) in [6, 6.07) is 9.10. The molecule has 1 aliphatic rings. The van der Waals surface area contributed by atoms with E-state index in [1.807, 2.05) is 7.05 Å². The molecule has 2 heterocycles. The number of guanidine groups is 1. The summed E-state index contributed by atoms with van der Waals surface area (Å²) in [5, 5.41) is 10.9. The second-order valence-electron chi connectivity index (χ2n) is 6.14. The third-order valence-corrected chi connectivity index (χ3v) is 4.37. The van der Waals surface area contributed by atoms with Crippen LogP contribution in [0.15, 0.2) is 35.6 Å². The molecule has 1 unspecified atom stereocenters. The van der Waals surface area contributed by atoms with E-state index in [4.69, 9.17) is 0 Å². The Morgan fingerprint density at radius 1 is 1.32 bits per heavy atom. The van der Waals surface area contributed by atoms with Crippen LogP contribution < -0.4 is 15.5 Å². The van der Waals surface area contributed by atoms with Crippen molar-refractivity contribution in [3.63, 3.8) is 0 Å². The molecular weight excluding hydrogens is 429 g/mol. The molecule has 2 aromatic rings. The molecule has 0 radical (unpaired) electrons. The van der Waals surface area contributed by atoms with Gasteiger partial charge in [-0.2, -0.15) is 5.10 Å².